The Kier molecular flexibility index (Phi) is 6.45. The summed E-state index contributed by atoms with van der Waals surface area (Å²) < 4.78 is 10.6. The lowest BCUT2D eigenvalue weighted by molar-refractivity contribution is 0.189. The van der Waals surface area contributed by atoms with Crippen LogP contribution < -0.4 is 14.8 Å². The first-order valence-corrected chi connectivity index (χ1v) is 9.55. The van der Waals surface area contributed by atoms with Crippen LogP contribution in [0.2, 0.25) is 5.02 Å². The van der Waals surface area contributed by atoms with Crippen molar-refractivity contribution in [2.45, 2.75) is 31.7 Å². The van der Waals surface area contributed by atoms with E-state index in [-0.39, 0.29) is 12.1 Å². The predicted octanol–water partition coefficient (Wildman–Crippen LogP) is 5.51. The Hall–Kier alpha value is -2.40. The number of hydrogen-bond donors (Lipinski definition) is 1. The van der Waals surface area contributed by atoms with Gasteiger partial charge in [-0.3, -0.25) is 0 Å². The van der Waals surface area contributed by atoms with Gasteiger partial charge in [0.2, 0.25) is 0 Å². The number of hydrogen-bond acceptors (Lipinski definition) is 3. The van der Waals surface area contributed by atoms with Crippen LogP contribution in [0.15, 0.2) is 42.5 Å². The fourth-order valence-corrected chi connectivity index (χ4v) is 3.76. The van der Waals surface area contributed by atoms with Gasteiger partial charge < -0.3 is 19.7 Å². The average molecular weight is 389 g/mol. The summed E-state index contributed by atoms with van der Waals surface area (Å²) in [6, 6.07) is 12.9. The van der Waals surface area contributed by atoms with Crippen LogP contribution in [-0.2, 0) is 0 Å². The van der Waals surface area contributed by atoms with Crippen molar-refractivity contribution in [3.8, 4) is 11.5 Å². The van der Waals surface area contributed by atoms with Crippen LogP contribution in [0, 0.1) is 0 Å². The molecule has 2 aromatic rings. The van der Waals surface area contributed by atoms with E-state index in [0.29, 0.717) is 28.8 Å². The standard InChI is InChI=1S/C21H25ClN2O3/c1-26-16-12-15(13-17(14-16)27-2)23-21(25)24-11-7-3-4-10-20(24)18-8-5-6-9-19(18)22/h5-6,8-9,12-14,20H,3-4,7,10-11H2,1-2H3,(H,23,25)/t20-/m1/s1. The quantitative estimate of drug-likeness (QED) is 0.751. The molecule has 3 rings (SSSR count). The van der Waals surface area contributed by atoms with Gasteiger partial charge in [-0.15, -0.1) is 0 Å². The van der Waals surface area contributed by atoms with Gasteiger partial charge in [0.1, 0.15) is 11.5 Å². The minimum atomic E-state index is -0.142. The minimum absolute atomic E-state index is 0.0336. The van der Waals surface area contributed by atoms with E-state index in [1.165, 1.54) is 0 Å². The van der Waals surface area contributed by atoms with E-state index >= 15 is 0 Å². The van der Waals surface area contributed by atoms with Gasteiger partial charge in [-0.1, -0.05) is 42.6 Å². The summed E-state index contributed by atoms with van der Waals surface area (Å²) >= 11 is 6.43. The smallest absolute Gasteiger partial charge is 0.322 e. The van der Waals surface area contributed by atoms with Gasteiger partial charge in [-0.25, -0.2) is 4.79 Å². The average Bonchev–Trinajstić information content (AvgIpc) is 2.94. The lowest BCUT2D eigenvalue weighted by Gasteiger charge is -2.31. The van der Waals surface area contributed by atoms with Crippen molar-refractivity contribution in [1.29, 1.82) is 0 Å². The van der Waals surface area contributed by atoms with Gasteiger partial charge in [-0.05, 0) is 24.5 Å². The molecule has 1 heterocycles. The van der Waals surface area contributed by atoms with Gasteiger partial charge in [0, 0.05) is 35.5 Å². The molecule has 1 atom stereocenters. The molecule has 2 amide bonds. The monoisotopic (exact) mass is 388 g/mol. The van der Waals surface area contributed by atoms with Crippen LogP contribution in [0.4, 0.5) is 10.5 Å². The maximum atomic E-state index is 13.1. The van der Waals surface area contributed by atoms with Gasteiger partial charge in [0.25, 0.3) is 0 Å². The summed E-state index contributed by atoms with van der Waals surface area (Å²) in [5.74, 6) is 1.26. The molecule has 1 aliphatic heterocycles. The van der Waals surface area contributed by atoms with E-state index in [1.807, 2.05) is 29.2 Å². The van der Waals surface area contributed by atoms with Crippen LogP contribution in [-0.4, -0.2) is 31.7 Å². The number of amides is 2. The largest absolute Gasteiger partial charge is 0.497 e. The lowest BCUT2D eigenvalue weighted by Crippen LogP contribution is -2.38. The number of rotatable bonds is 4. The molecule has 1 aliphatic rings. The number of carbonyl (C=O) groups excluding carboxylic acids is 1. The van der Waals surface area contributed by atoms with Gasteiger partial charge in [-0.2, -0.15) is 0 Å². The maximum Gasteiger partial charge on any atom is 0.322 e. The zero-order valence-corrected chi connectivity index (χ0v) is 16.5. The number of likely N-dealkylation sites (tertiary alicyclic amines) is 1. The molecule has 0 unspecified atom stereocenters. The van der Waals surface area contributed by atoms with Gasteiger partial charge >= 0.3 is 6.03 Å². The molecule has 1 N–H and O–H groups in total. The summed E-state index contributed by atoms with van der Waals surface area (Å²) in [5, 5.41) is 3.69. The second-order valence-corrected chi connectivity index (χ2v) is 7.02. The molecular weight excluding hydrogens is 364 g/mol. The molecular formula is C21H25ClN2O3. The highest BCUT2D eigenvalue weighted by molar-refractivity contribution is 6.31. The molecule has 5 nitrogen and oxygen atoms in total. The van der Waals surface area contributed by atoms with E-state index in [9.17, 15) is 4.79 Å². The highest BCUT2D eigenvalue weighted by Crippen LogP contribution is 2.35. The number of ether oxygens (including phenoxy) is 2. The first-order valence-electron chi connectivity index (χ1n) is 9.17. The molecule has 0 bridgehead atoms. The highest BCUT2D eigenvalue weighted by Gasteiger charge is 2.28. The molecule has 0 aliphatic carbocycles. The number of anilines is 1. The second-order valence-electron chi connectivity index (χ2n) is 6.61. The number of nitrogens with one attached hydrogen (secondary N) is 1. The Morgan fingerprint density at radius 3 is 2.44 bits per heavy atom. The first-order chi connectivity index (χ1) is 13.1. The Labute approximate surface area is 165 Å². The van der Waals surface area contributed by atoms with Crippen molar-refractivity contribution < 1.29 is 14.3 Å². The third kappa shape index (κ3) is 4.66. The number of nitrogens with zero attached hydrogens (tertiary/aromatic N) is 1. The molecule has 6 heteroatoms. The molecule has 0 spiro atoms. The fourth-order valence-electron chi connectivity index (χ4n) is 3.49. The Balaban J connectivity index is 1.85. The molecule has 0 saturated carbocycles. The van der Waals surface area contributed by atoms with Gasteiger partial charge in [0.15, 0.2) is 0 Å². The Morgan fingerprint density at radius 1 is 1.07 bits per heavy atom. The Morgan fingerprint density at radius 2 is 1.78 bits per heavy atom. The van der Waals surface area contributed by atoms with E-state index in [0.717, 1.165) is 31.2 Å². The van der Waals surface area contributed by atoms with Crippen molar-refractivity contribution in [2.75, 3.05) is 26.1 Å². The van der Waals surface area contributed by atoms with Crippen LogP contribution in [0.5, 0.6) is 11.5 Å². The lowest BCUT2D eigenvalue weighted by atomic mass is 10.0. The fraction of sp³-hybridized carbons (Fsp3) is 0.381. The normalized spacial score (nSPS) is 17.1. The number of methoxy groups -OCH3 is 2. The first kappa shape index (κ1) is 19.4. The SMILES string of the molecule is COc1cc(NC(=O)N2CCCCC[C@@H]2c2ccccc2Cl)cc(OC)c1. The summed E-state index contributed by atoms with van der Waals surface area (Å²) in [7, 11) is 3.17. The van der Waals surface area contributed by atoms with Crippen LogP contribution >= 0.6 is 11.6 Å². The van der Waals surface area contributed by atoms with Crippen molar-refractivity contribution in [3.05, 3.63) is 53.1 Å². The van der Waals surface area contributed by atoms with Crippen molar-refractivity contribution in [1.82, 2.24) is 4.90 Å². The molecule has 0 radical (unpaired) electrons. The van der Waals surface area contributed by atoms with E-state index in [4.69, 9.17) is 21.1 Å². The molecule has 1 saturated heterocycles. The summed E-state index contributed by atoms with van der Waals surface area (Å²) in [4.78, 5) is 15.0. The number of halogens is 1. The van der Waals surface area contributed by atoms with Gasteiger partial charge in [0.05, 0.1) is 20.3 Å². The summed E-state index contributed by atoms with van der Waals surface area (Å²) in [5.41, 5.74) is 1.64. The molecule has 27 heavy (non-hydrogen) atoms. The third-order valence-corrected chi connectivity index (χ3v) is 5.22. The van der Waals surface area contributed by atoms with Crippen molar-refractivity contribution in [2.24, 2.45) is 0 Å². The molecule has 1 fully saturated rings. The van der Waals surface area contributed by atoms with Crippen molar-refractivity contribution >= 4 is 23.3 Å². The number of urea groups is 1. The van der Waals surface area contributed by atoms with Crippen LogP contribution in [0.1, 0.15) is 37.3 Å². The number of benzene rings is 2. The summed E-state index contributed by atoms with van der Waals surface area (Å²) in [6.07, 6.45) is 4.07. The van der Waals surface area contributed by atoms with Crippen LogP contribution in [0.25, 0.3) is 0 Å². The number of carbonyl (C=O) groups is 1. The van der Waals surface area contributed by atoms with E-state index in [1.54, 1.807) is 32.4 Å². The predicted molar refractivity (Wildman–Crippen MR) is 108 cm³/mol. The summed E-state index contributed by atoms with van der Waals surface area (Å²) in [6.45, 7) is 0.697. The second kappa shape index (κ2) is 9.00. The van der Waals surface area contributed by atoms with E-state index in [2.05, 4.69) is 5.32 Å². The third-order valence-electron chi connectivity index (χ3n) is 4.88. The molecule has 0 aromatic heterocycles. The van der Waals surface area contributed by atoms with Crippen LogP contribution in [0.3, 0.4) is 0 Å². The van der Waals surface area contributed by atoms with Crippen molar-refractivity contribution in [3.63, 3.8) is 0 Å². The van der Waals surface area contributed by atoms with E-state index < -0.39 is 0 Å². The minimum Gasteiger partial charge on any atom is -0.497 e. The molecule has 144 valence electrons. The Bertz CT molecular complexity index is 774. The maximum absolute atomic E-state index is 13.1. The molecule has 2 aromatic carbocycles. The zero-order valence-electron chi connectivity index (χ0n) is 15.7. The topological polar surface area (TPSA) is 50.8 Å². The highest BCUT2D eigenvalue weighted by atomic mass is 35.5. The zero-order chi connectivity index (χ0) is 19.2.